The minimum atomic E-state index is -4.97. The monoisotopic (exact) mass is 1660 g/mol. The lowest BCUT2D eigenvalue weighted by molar-refractivity contribution is -0.161. The van der Waals surface area contributed by atoms with Gasteiger partial charge in [0.25, 0.3) is 0 Å². The first-order valence-corrected chi connectivity index (χ1v) is 52.1. The summed E-state index contributed by atoms with van der Waals surface area (Å²) in [5.74, 6) is -1.29. The maximum absolute atomic E-state index is 13.2. The maximum atomic E-state index is 13.2. The SMILES string of the molecule is CCCCCCCCCCCCCCCCCCCCCCCCC(=O)O[C@H](COC(=O)CCCCCCCCCCCCCCCCCCCCCCC)COP(=O)(O)OC[C@@H](O)COP(=O)(O)OC[C@@H](COC(=O)CCCCCCCCCCCCCCC)OC(=O)CCCCCCCCCCCCCCCCCC(C)C. The number of aliphatic hydroxyl groups excluding tert-OH is 1. The molecule has 5 atom stereocenters. The molecular formula is C95H186O17P2. The largest absolute Gasteiger partial charge is 0.472 e. The van der Waals surface area contributed by atoms with Gasteiger partial charge in [0.15, 0.2) is 12.2 Å². The molecule has 0 aromatic heterocycles. The third-order valence-electron chi connectivity index (χ3n) is 22.5. The molecule has 0 spiro atoms. The van der Waals surface area contributed by atoms with Crippen molar-refractivity contribution in [2.75, 3.05) is 39.6 Å². The Kier molecular flexibility index (Phi) is 85.9. The average Bonchev–Trinajstić information content (AvgIpc) is 0.897. The van der Waals surface area contributed by atoms with Crippen molar-refractivity contribution >= 4 is 39.5 Å². The summed E-state index contributed by atoms with van der Waals surface area (Å²) in [6.07, 6.45) is 84.9. The lowest BCUT2D eigenvalue weighted by Crippen LogP contribution is -2.30. The molecule has 0 aliphatic heterocycles. The Hall–Kier alpha value is -1.94. The molecule has 0 radical (unpaired) electrons. The molecule has 0 aliphatic carbocycles. The Morgan fingerprint density at radius 1 is 0.237 bits per heavy atom. The summed E-state index contributed by atoms with van der Waals surface area (Å²) in [7, 11) is -9.94. The summed E-state index contributed by atoms with van der Waals surface area (Å²) in [6.45, 7) is 7.45. The quantitative estimate of drug-likeness (QED) is 0.0222. The molecule has 114 heavy (non-hydrogen) atoms. The normalized spacial score (nSPS) is 13.6. The van der Waals surface area contributed by atoms with Crippen molar-refractivity contribution in [3.8, 4) is 0 Å². The lowest BCUT2D eigenvalue weighted by Gasteiger charge is -2.21. The Morgan fingerprint density at radius 3 is 0.596 bits per heavy atom. The van der Waals surface area contributed by atoms with Crippen LogP contribution < -0.4 is 0 Å². The van der Waals surface area contributed by atoms with Crippen molar-refractivity contribution < 1.29 is 80.2 Å². The van der Waals surface area contributed by atoms with Crippen molar-refractivity contribution in [2.45, 2.75) is 541 Å². The number of aliphatic hydroxyl groups is 1. The first-order chi connectivity index (χ1) is 55.5. The molecule has 17 nitrogen and oxygen atoms in total. The van der Waals surface area contributed by atoms with E-state index in [1.165, 1.54) is 347 Å². The van der Waals surface area contributed by atoms with E-state index in [1.807, 2.05) is 0 Å². The highest BCUT2D eigenvalue weighted by Crippen LogP contribution is 2.45. The van der Waals surface area contributed by atoms with Gasteiger partial charge in [-0.1, -0.05) is 471 Å². The molecule has 0 amide bonds. The molecule has 0 saturated carbocycles. The first-order valence-electron chi connectivity index (χ1n) is 49.1. The van der Waals surface area contributed by atoms with Crippen LogP contribution in [0.5, 0.6) is 0 Å². The highest BCUT2D eigenvalue weighted by Gasteiger charge is 2.31. The highest BCUT2D eigenvalue weighted by atomic mass is 31.2. The fourth-order valence-electron chi connectivity index (χ4n) is 15.1. The molecule has 0 heterocycles. The molecule has 0 aliphatic rings. The van der Waals surface area contributed by atoms with Gasteiger partial charge in [0.1, 0.15) is 19.3 Å². The topological polar surface area (TPSA) is 237 Å². The summed E-state index contributed by atoms with van der Waals surface area (Å²) in [5, 5.41) is 10.7. The van der Waals surface area contributed by atoms with Gasteiger partial charge in [0.05, 0.1) is 26.4 Å². The van der Waals surface area contributed by atoms with Gasteiger partial charge in [-0.15, -0.1) is 0 Å². The standard InChI is InChI=1S/C95H186O17P2/c1-6-9-12-15-18-21-24-27-29-31-33-35-37-39-41-45-50-55-60-65-70-75-80-94(99)112-91(85-106-93(98)79-74-69-64-59-54-49-44-40-38-36-34-32-30-28-25-22-19-16-13-10-7-2)87-110-114(103,104)108-83-89(96)82-107-113(101,102)109-86-90(84-105-92(97)78-73-68-63-58-53-47-26-23-20-17-14-11-8-3)111-95(100)81-76-71-66-61-56-51-46-42-43-48-52-57-62-67-72-77-88(4)5/h88-91,96H,6-87H2,1-5H3,(H,101,102)(H,103,104)/t89-,90+,91+/m0/s1. The van der Waals surface area contributed by atoms with Gasteiger partial charge >= 0.3 is 39.5 Å². The summed E-state index contributed by atoms with van der Waals surface area (Å²) >= 11 is 0. The van der Waals surface area contributed by atoms with Crippen LogP contribution in [0.1, 0.15) is 523 Å². The van der Waals surface area contributed by atoms with E-state index in [9.17, 15) is 43.2 Å². The van der Waals surface area contributed by atoms with Crippen LogP contribution in [0.3, 0.4) is 0 Å². The van der Waals surface area contributed by atoms with Crippen molar-refractivity contribution in [1.82, 2.24) is 0 Å². The van der Waals surface area contributed by atoms with E-state index < -0.39 is 97.5 Å². The fourth-order valence-corrected chi connectivity index (χ4v) is 16.6. The van der Waals surface area contributed by atoms with Gasteiger partial charge < -0.3 is 33.8 Å². The predicted octanol–water partition coefficient (Wildman–Crippen LogP) is 29.9. The molecule has 0 fully saturated rings. The molecule has 2 unspecified atom stereocenters. The molecule has 0 rings (SSSR count). The van der Waals surface area contributed by atoms with E-state index in [-0.39, 0.29) is 25.7 Å². The highest BCUT2D eigenvalue weighted by molar-refractivity contribution is 7.47. The van der Waals surface area contributed by atoms with Crippen molar-refractivity contribution in [1.29, 1.82) is 0 Å². The summed E-state index contributed by atoms with van der Waals surface area (Å²) < 4.78 is 69.2. The van der Waals surface area contributed by atoms with Gasteiger partial charge in [-0.05, 0) is 31.6 Å². The second kappa shape index (κ2) is 87.4. The zero-order valence-electron chi connectivity index (χ0n) is 75.2. The van der Waals surface area contributed by atoms with Crippen LogP contribution >= 0.6 is 15.6 Å². The zero-order chi connectivity index (χ0) is 83.3. The molecule has 19 heteroatoms. The molecule has 0 saturated heterocycles. The number of phosphoric ester groups is 2. The Bertz CT molecular complexity index is 2150. The van der Waals surface area contributed by atoms with Crippen molar-refractivity contribution in [3.05, 3.63) is 0 Å². The summed E-state index contributed by atoms with van der Waals surface area (Å²) in [5.41, 5.74) is 0. The van der Waals surface area contributed by atoms with Gasteiger partial charge in [-0.3, -0.25) is 37.3 Å². The van der Waals surface area contributed by atoms with Crippen LogP contribution in [0.25, 0.3) is 0 Å². The second-order valence-corrected chi connectivity index (χ2v) is 37.5. The van der Waals surface area contributed by atoms with Crippen molar-refractivity contribution in [2.24, 2.45) is 5.92 Å². The van der Waals surface area contributed by atoms with Crippen LogP contribution in [-0.4, -0.2) is 96.7 Å². The molecule has 3 N–H and O–H groups in total. The number of unbranched alkanes of at least 4 members (excludes halogenated alkanes) is 67. The molecular weight excluding hydrogens is 1470 g/mol. The Labute approximate surface area is 702 Å². The molecule has 0 bridgehead atoms. The van der Waals surface area contributed by atoms with Gasteiger partial charge in [-0.25, -0.2) is 9.13 Å². The van der Waals surface area contributed by atoms with Crippen LogP contribution in [0.4, 0.5) is 0 Å². The minimum Gasteiger partial charge on any atom is -0.462 e. The average molecular weight is 1660 g/mol. The van der Waals surface area contributed by atoms with Gasteiger partial charge in [-0.2, -0.15) is 0 Å². The van der Waals surface area contributed by atoms with E-state index in [0.717, 1.165) is 95.8 Å². The number of hydrogen-bond acceptors (Lipinski definition) is 15. The third kappa shape index (κ3) is 87.9. The number of rotatable bonds is 95. The minimum absolute atomic E-state index is 0.109. The van der Waals surface area contributed by atoms with Gasteiger partial charge in [0, 0.05) is 25.7 Å². The predicted molar refractivity (Wildman–Crippen MR) is 474 cm³/mol. The smallest absolute Gasteiger partial charge is 0.462 e. The number of esters is 4. The number of hydrogen-bond donors (Lipinski definition) is 3. The third-order valence-corrected chi connectivity index (χ3v) is 24.4. The molecule has 678 valence electrons. The van der Waals surface area contributed by atoms with E-state index in [0.29, 0.717) is 25.7 Å². The van der Waals surface area contributed by atoms with E-state index in [4.69, 9.17) is 37.0 Å². The summed E-state index contributed by atoms with van der Waals surface area (Å²) in [6, 6.07) is 0. The lowest BCUT2D eigenvalue weighted by atomic mass is 10.0. The van der Waals surface area contributed by atoms with E-state index in [1.54, 1.807) is 0 Å². The van der Waals surface area contributed by atoms with Crippen LogP contribution in [0.15, 0.2) is 0 Å². The van der Waals surface area contributed by atoms with Crippen molar-refractivity contribution in [3.63, 3.8) is 0 Å². The second-order valence-electron chi connectivity index (χ2n) is 34.6. The molecule has 0 aromatic carbocycles. The zero-order valence-corrected chi connectivity index (χ0v) is 77.0. The number of ether oxygens (including phenoxy) is 4. The fraction of sp³-hybridized carbons (Fsp3) is 0.958. The summed E-state index contributed by atoms with van der Waals surface area (Å²) in [4.78, 5) is 73.6. The Morgan fingerprint density at radius 2 is 0.404 bits per heavy atom. The Balaban J connectivity index is 5.25. The number of carbonyl (C=O) groups is 4. The van der Waals surface area contributed by atoms with Crippen LogP contribution in [0, 0.1) is 5.92 Å². The van der Waals surface area contributed by atoms with Crippen LogP contribution in [-0.2, 0) is 65.4 Å². The first kappa shape index (κ1) is 112. The maximum Gasteiger partial charge on any atom is 0.472 e. The van der Waals surface area contributed by atoms with E-state index in [2.05, 4.69) is 34.6 Å². The van der Waals surface area contributed by atoms with Gasteiger partial charge in [0.2, 0.25) is 0 Å². The van der Waals surface area contributed by atoms with E-state index >= 15 is 0 Å². The number of phosphoric acid groups is 2. The molecule has 0 aromatic rings. The van der Waals surface area contributed by atoms with Crippen LogP contribution in [0.2, 0.25) is 0 Å². The number of carbonyl (C=O) groups excluding carboxylic acids is 4.